The van der Waals surface area contributed by atoms with E-state index < -0.39 is 8.07 Å². The third kappa shape index (κ3) is 5.14. The summed E-state index contributed by atoms with van der Waals surface area (Å²) in [7, 11) is 0.269. The molecule has 0 N–H and O–H groups in total. The molecule has 1 rings (SSSR count). The minimum Gasteiger partial charge on any atom is -0.465 e. The van der Waals surface area contributed by atoms with Crippen LogP contribution in [0.25, 0.3) is 6.08 Å². The number of hydrogen-bond acceptors (Lipinski definition) is 2. The number of methoxy groups -OCH3 is 1. The second-order valence-corrected chi connectivity index (χ2v) is 10.3. The second-order valence-electron chi connectivity index (χ2n) is 5.20. The van der Waals surface area contributed by atoms with Gasteiger partial charge < -0.3 is 4.74 Å². The highest BCUT2D eigenvalue weighted by Gasteiger charge is 2.05. The smallest absolute Gasteiger partial charge is 0.337 e. The summed E-state index contributed by atoms with van der Waals surface area (Å²) in [5.41, 5.74) is 3.93. The first kappa shape index (κ1) is 14.4. The lowest BCUT2D eigenvalue weighted by Gasteiger charge is -2.06. The van der Waals surface area contributed by atoms with E-state index in [-0.39, 0.29) is 5.97 Å². The molecule has 1 aromatic rings. The molecule has 0 fully saturated rings. The van der Waals surface area contributed by atoms with Crippen LogP contribution in [0.2, 0.25) is 19.6 Å². The van der Waals surface area contributed by atoms with Gasteiger partial charge in [0, 0.05) is 0 Å². The number of rotatable bonds is 4. The summed E-state index contributed by atoms with van der Waals surface area (Å²) >= 11 is 0. The molecule has 0 aromatic heterocycles. The van der Waals surface area contributed by atoms with Gasteiger partial charge in [0.2, 0.25) is 0 Å². The Labute approximate surface area is 110 Å². The maximum Gasteiger partial charge on any atom is 0.337 e. The normalized spacial score (nSPS) is 12.2. The van der Waals surface area contributed by atoms with E-state index in [9.17, 15) is 4.79 Å². The number of carbonyl (C=O) groups excluding carboxylic acids is 1. The van der Waals surface area contributed by atoms with Gasteiger partial charge in [-0.1, -0.05) is 55.7 Å². The minimum absolute atomic E-state index is 0.302. The number of hydrogen-bond donors (Lipinski definition) is 0. The van der Waals surface area contributed by atoms with Crippen molar-refractivity contribution in [2.75, 3.05) is 7.11 Å². The molecular weight excluding hydrogens is 240 g/mol. The van der Waals surface area contributed by atoms with Crippen LogP contribution in [-0.2, 0) is 4.74 Å². The van der Waals surface area contributed by atoms with Gasteiger partial charge in [-0.15, -0.1) is 0 Å². The molecule has 0 aliphatic rings. The van der Waals surface area contributed by atoms with Crippen molar-refractivity contribution in [3.63, 3.8) is 0 Å². The van der Waals surface area contributed by atoms with E-state index in [1.807, 2.05) is 24.3 Å². The van der Waals surface area contributed by atoms with Crippen LogP contribution in [0.1, 0.15) is 15.9 Å². The van der Waals surface area contributed by atoms with Crippen molar-refractivity contribution < 1.29 is 9.53 Å². The lowest BCUT2D eigenvalue weighted by molar-refractivity contribution is 0.0601. The van der Waals surface area contributed by atoms with E-state index in [1.165, 1.54) is 7.11 Å². The largest absolute Gasteiger partial charge is 0.465 e. The monoisotopic (exact) mass is 260 g/mol. The molecule has 96 valence electrons. The third-order valence-electron chi connectivity index (χ3n) is 2.33. The summed E-state index contributed by atoms with van der Waals surface area (Å²) in [6, 6.07) is 7.36. The molecule has 0 atom stereocenters. The first-order chi connectivity index (χ1) is 8.42. The predicted molar refractivity (Wildman–Crippen MR) is 79.3 cm³/mol. The van der Waals surface area contributed by atoms with Crippen molar-refractivity contribution in [1.29, 1.82) is 0 Å². The SMILES string of the molecule is COC(=O)c1ccc(C=CC=C[Si](C)(C)C)cc1. The minimum atomic E-state index is -1.12. The summed E-state index contributed by atoms with van der Waals surface area (Å²) in [4.78, 5) is 11.2. The Hall–Kier alpha value is -1.61. The zero-order valence-electron chi connectivity index (χ0n) is 11.4. The van der Waals surface area contributed by atoms with Gasteiger partial charge in [0.05, 0.1) is 20.7 Å². The fourth-order valence-electron chi connectivity index (χ4n) is 1.36. The average molecular weight is 260 g/mol. The number of esters is 1. The fourth-order valence-corrected chi connectivity index (χ4v) is 2.05. The quantitative estimate of drug-likeness (QED) is 0.466. The molecule has 0 heterocycles. The molecular formula is C15H20O2Si. The van der Waals surface area contributed by atoms with E-state index in [1.54, 1.807) is 12.1 Å². The Morgan fingerprint density at radius 2 is 1.72 bits per heavy atom. The predicted octanol–water partition coefficient (Wildman–Crippen LogP) is 3.92. The Morgan fingerprint density at radius 3 is 2.22 bits per heavy atom. The molecule has 0 unspecified atom stereocenters. The summed E-state index contributed by atoms with van der Waals surface area (Å²) in [6.45, 7) is 6.88. The van der Waals surface area contributed by atoms with Crippen LogP contribution >= 0.6 is 0 Å². The van der Waals surface area contributed by atoms with Crippen LogP contribution in [0.15, 0.2) is 42.1 Å². The molecule has 2 nitrogen and oxygen atoms in total. The van der Waals surface area contributed by atoms with Crippen molar-refractivity contribution in [3.8, 4) is 0 Å². The van der Waals surface area contributed by atoms with Crippen molar-refractivity contribution in [2.45, 2.75) is 19.6 Å². The van der Waals surface area contributed by atoms with Crippen molar-refractivity contribution in [2.24, 2.45) is 0 Å². The van der Waals surface area contributed by atoms with Crippen LogP contribution < -0.4 is 0 Å². The molecule has 0 spiro atoms. The van der Waals surface area contributed by atoms with Gasteiger partial charge in [-0.05, 0) is 17.7 Å². The van der Waals surface area contributed by atoms with Crippen molar-refractivity contribution in [1.82, 2.24) is 0 Å². The molecule has 3 heteroatoms. The Kier molecular flexibility index (Phi) is 5.10. The summed E-state index contributed by atoms with van der Waals surface area (Å²) in [5, 5.41) is 0. The van der Waals surface area contributed by atoms with Gasteiger partial charge in [-0.3, -0.25) is 0 Å². The molecule has 0 amide bonds. The van der Waals surface area contributed by atoms with Crippen LogP contribution in [0, 0.1) is 0 Å². The van der Waals surface area contributed by atoms with Crippen LogP contribution in [0.3, 0.4) is 0 Å². The van der Waals surface area contributed by atoms with E-state index in [2.05, 4.69) is 36.2 Å². The molecule has 1 aromatic carbocycles. The topological polar surface area (TPSA) is 26.3 Å². The molecule has 18 heavy (non-hydrogen) atoms. The first-order valence-electron chi connectivity index (χ1n) is 5.97. The molecule has 0 aliphatic carbocycles. The zero-order valence-corrected chi connectivity index (χ0v) is 12.4. The van der Waals surface area contributed by atoms with E-state index in [4.69, 9.17) is 0 Å². The number of carbonyl (C=O) groups is 1. The van der Waals surface area contributed by atoms with Crippen LogP contribution in [0.4, 0.5) is 0 Å². The second kappa shape index (κ2) is 6.35. The first-order valence-corrected chi connectivity index (χ1v) is 9.54. The molecule has 0 bridgehead atoms. The van der Waals surface area contributed by atoms with Gasteiger partial charge >= 0.3 is 5.97 Å². The number of allylic oxidation sites excluding steroid dienone is 2. The molecule has 0 saturated carbocycles. The van der Waals surface area contributed by atoms with Gasteiger partial charge in [0.1, 0.15) is 0 Å². The lowest BCUT2D eigenvalue weighted by Crippen LogP contribution is -2.14. The molecule has 0 radical (unpaired) electrons. The van der Waals surface area contributed by atoms with E-state index in [0.717, 1.165) is 5.56 Å². The van der Waals surface area contributed by atoms with Crippen molar-refractivity contribution in [3.05, 3.63) is 53.2 Å². The maximum absolute atomic E-state index is 11.2. The van der Waals surface area contributed by atoms with Crippen molar-refractivity contribution >= 4 is 20.1 Å². The van der Waals surface area contributed by atoms with Gasteiger partial charge in [-0.25, -0.2) is 4.79 Å². The maximum atomic E-state index is 11.2. The average Bonchev–Trinajstić information content (AvgIpc) is 2.33. The lowest BCUT2D eigenvalue weighted by atomic mass is 10.1. The number of benzene rings is 1. The fraction of sp³-hybridized carbons (Fsp3) is 0.267. The van der Waals surface area contributed by atoms with Crippen LogP contribution in [-0.4, -0.2) is 21.2 Å². The number of ether oxygens (including phenoxy) is 1. The highest BCUT2D eigenvalue weighted by molar-refractivity contribution is 6.81. The molecule has 0 saturated heterocycles. The molecule has 0 aliphatic heterocycles. The van der Waals surface area contributed by atoms with Gasteiger partial charge in [-0.2, -0.15) is 0 Å². The Balaban J connectivity index is 2.67. The summed E-state index contributed by atoms with van der Waals surface area (Å²) in [6.07, 6.45) is 6.16. The van der Waals surface area contributed by atoms with E-state index in [0.29, 0.717) is 5.56 Å². The Morgan fingerprint density at radius 1 is 1.11 bits per heavy atom. The van der Waals surface area contributed by atoms with Gasteiger partial charge in [0.25, 0.3) is 0 Å². The zero-order chi connectivity index (χ0) is 13.6. The highest BCUT2D eigenvalue weighted by atomic mass is 28.3. The van der Waals surface area contributed by atoms with Gasteiger partial charge in [0.15, 0.2) is 0 Å². The Bertz CT molecular complexity index is 450. The summed E-state index contributed by atoms with van der Waals surface area (Å²) in [5.74, 6) is -0.302. The third-order valence-corrected chi connectivity index (χ3v) is 3.52. The van der Waals surface area contributed by atoms with E-state index >= 15 is 0 Å². The summed E-state index contributed by atoms with van der Waals surface area (Å²) < 4.78 is 4.65. The standard InChI is InChI=1S/C15H20O2Si/c1-17-15(16)14-10-8-13(9-11-14)7-5-6-12-18(2,3)4/h5-12H,1-4H3. The van der Waals surface area contributed by atoms with Crippen LogP contribution in [0.5, 0.6) is 0 Å². The highest BCUT2D eigenvalue weighted by Crippen LogP contribution is 2.08.